The van der Waals surface area contributed by atoms with Crippen molar-refractivity contribution in [3.05, 3.63) is 17.8 Å². The van der Waals surface area contributed by atoms with E-state index in [2.05, 4.69) is 4.98 Å². The zero-order chi connectivity index (χ0) is 8.43. The number of aromatic nitrogens is 1. The maximum Gasteiger partial charge on any atom is 0.151 e. The molecule has 0 aliphatic heterocycles. The number of hydrogen-bond acceptors (Lipinski definition) is 3. The molecule has 0 radical (unpaired) electrons. The van der Waals surface area contributed by atoms with Crippen LogP contribution in [0.1, 0.15) is 5.56 Å². The van der Waals surface area contributed by atoms with Crippen LogP contribution in [0.25, 0.3) is 0 Å². The molecule has 76 valence electrons. The first-order valence-corrected chi connectivity index (χ1v) is 3.50. The Labute approximate surface area is 91.2 Å². The fourth-order valence-corrected chi connectivity index (χ4v) is 0.958. The highest BCUT2D eigenvalue weighted by molar-refractivity contribution is 5.85. The molecule has 1 heterocycles. The summed E-state index contributed by atoms with van der Waals surface area (Å²) in [6, 6.07) is 1.92. The van der Waals surface area contributed by atoms with Crippen molar-refractivity contribution in [2.45, 2.75) is 6.92 Å². The molecule has 0 unspecified atom stereocenters. The second-order valence-corrected chi connectivity index (χ2v) is 2.82. The van der Waals surface area contributed by atoms with Crippen molar-refractivity contribution in [3.8, 4) is 0 Å². The fourth-order valence-electron chi connectivity index (χ4n) is 0.958. The second-order valence-electron chi connectivity index (χ2n) is 2.82. The van der Waals surface area contributed by atoms with Gasteiger partial charge in [-0.05, 0) is 18.6 Å². The van der Waals surface area contributed by atoms with E-state index in [-0.39, 0.29) is 24.8 Å². The second kappa shape index (κ2) is 5.89. The van der Waals surface area contributed by atoms with Gasteiger partial charge in [0, 0.05) is 20.3 Å². The third kappa shape index (κ3) is 3.70. The van der Waals surface area contributed by atoms with Crippen LogP contribution in [0.2, 0.25) is 0 Å². The molecule has 1 rings (SSSR count). The molecular formula is C8H15Cl2N3. The molecular weight excluding hydrogens is 209 g/mol. The molecule has 0 atom stereocenters. The van der Waals surface area contributed by atoms with Crippen molar-refractivity contribution >= 4 is 36.3 Å². The number of aryl methyl sites for hydroxylation is 1. The third-order valence-corrected chi connectivity index (χ3v) is 1.46. The standard InChI is InChI=1S/C8H13N3.2ClH/c1-6-4-7(9)8(10-5-6)11(2)3;;/h4-5H,9H2,1-3H3;2*1H. The maximum atomic E-state index is 5.72. The van der Waals surface area contributed by atoms with Crippen molar-refractivity contribution in [2.75, 3.05) is 24.7 Å². The lowest BCUT2D eigenvalue weighted by Crippen LogP contribution is -2.12. The minimum atomic E-state index is 0. The molecule has 0 spiro atoms. The monoisotopic (exact) mass is 223 g/mol. The summed E-state index contributed by atoms with van der Waals surface area (Å²) in [5, 5.41) is 0. The lowest BCUT2D eigenvalue weighted by molar-refractivity contribution is 1.07. The molecule has 2 N–H and O–H groups in total. The van der Waals surface area contributed by atoms with Crippen molar-refractivity contribution in [2.24, 2.45) is 0 Å². The first-order valence-electron chi connectivity index (χ1n) is 3.50. The summed E-state index contributed by atoms with van der Waals surface area (Å²) in [6.07, 6.45) is 1.81. The normalized spacial score (nSPS) is 8.23. The Bertz CT molecular complexity index is 264. The van der Waals surface area contributed by atoms with Gasteiger partial charge in [-0.15, -0.1) is 24.8 Å². The molecule has 0 saturated carbocycles. The average Bonchev–Trinajstić information content (AvgIpc) is 1.85. The number of nitrogens with zero attached hydrogens (tertiary/aromatic N) is 2. The van der Waals surface area contributed by atoms with Crippen LogP contribution in [-0.2, 0) is 0 Å². The van der Waals surface area contributed by atoms with Crippen LogP contribution in [0, 0.1) is 6.92 Å². The van der Waals surface area contributed by atoms with Crippen LogP contribution >= 0.6 is 24.8 Å². The van der Waals surface area contributed by atoms with Gasteiger partial charge >= 0.3 is 0 Å². The number of nitrogen functional groups attached to an aromatic ring is 1. The number of anilines is 2. The maximum absolute atomic E-state index is 5.72. The van der Waals surface area contributed by atoms with Crippen molar-refractivity contribution in [1.29, 1.82) is 0 Å². The summed E-state index contributed by atoms with van der Waals surface area (Å²) in [4.78, 5) is 6.08. The van der Waals surface area contributed by atoms with Crippen LogP contribution in [0.3, 0.4) is 0 Å². The molecule has 1 aromatic rings. The largest absolute Gasteiger partial charge is 0.396 e. The van der Waals surface area contributed by atoms with E-state index in [9.17, 15) is 0 Å². The van der Waals surface area contributed by atoms with E-state index in [4.69, 9.17) is 5.73 Å². The van der Waals surface area contributed by atoms with Gasteiger partial charge in [-0.3, -0.25) is 0 Å². The number of halogens is 2. The Morgan fingerprint density at radius 1 is 1.31 bits per heavy atom. The fraction of sp³-hybridized carbons (Fsp3) is 0.375. The first-order chi connectivity index (χ1) is 5.11. The molecule has 0 bridgehead atoms. The minimum absolute atomic E-state index is 0. The van der Waals surface area contributed by atoms with E-state index in [1.807, 2.05) is 38.2 Å². The molecule has 0 aliphatic rings. The van der Waals surface area contributed by atoms with Crippen LogP contribution in [-0.4, -0.2) is 19.1 Å². The topological polar surface area (TPSA) is 42.2 Å². The predicted molar refractivity (Wildman–Crippen MR) is 62.2 cm³/mol. The molecule has 0 fully saturated rings. The Morgan fingerprint density at radius 2 is 1.85 bits per heavy atom. The summed E-state index contributed by atoms with van der Waals surface area (Å²) in [6.45, 7) is 1.98. The molecule has 0 amide bonds. The molecule has 3 nitrogen and oxygen atoms in total. The zero-order valence-electron chi connectivity index (χ0n) is 7.94. The lowest BCUT2D eigenvalue weighted by atomic mass is 10.3. The summed E-state index contributed by atoms with van der Waals surface area (Å²) in [7, 11) is 3.85. The minimum Gasteiger partial charge on any atom is -0.396 e. The van der Waals surface area contributed by atoms with Gasteiger partial charge in [-0.2, -0.15) is 0 Å². The van der Waals surface area contributed by atoms with E-state index < -0.39 is 0 Å². The van der Waals surface area contributed by atoms with Crippen LogP contribution in [0.15, 0.2) is 12.3 Å². The van der Waals surface area contributed by atoms with Gasteiger partial charge < -0.3 is 10.6 Å². The highest BCUT2D eigenvalue weighted by Crippen LogP contribution is 2.17. The van der Waals surface area contributed by atoms with E-state index >= 15 is 0 Å². The first kappa shape index (κ1) is 14.8. The van der Waals surface area contributed by atoms with Crippen molar-refractivity contribution in [1.82, 2.24) is 4.98 Å². The summed E-state index contributed by atoms with van der Waals surface area (Å²) < 4.78 is 0. The van der Waals surface area contributed by atoms with Gasteiger partial charge in [0.15, 0.2) is 5.82 Å². The highest BCUT2D eigenvalue weighted by atomic mass is 35.5. The van der Waals surface area contributed by atoms with Gasteiger partial charge in [0.2, 0.25) is 0 Å². The molecule has 13 heavy (non-hydrogen) atoms. The smallest absolute Gasteiger partial charge is 0.151 e. The predicted octanol–water partition coefficient (Wildman–Crippen LogP) is 1.88. The van der Waals surface area contributed by atoms with Crippen molar-refractivity contribution < 1.29 is 0 Å². The van der Waals surface area contributed by atoms with Crippen LogP contribution < -0.4 is 10.6 Å². The molecule has 0 saturated heterocycles. The van der Waals surface area contributed by atoms with Gasteiger partial charge in [-0.25, -0.2) is 4.98 Å². The number of hydrogen-bond donors (Lipinski definition) is 1. The molecule has 0 aliphatic carbocycles. The molecule has 5 heteroatoms. The summed E-state index contributed by atoms with van der Waals surface area (Å²) >= 11 is 0. The highest BCUT2D eigenvalue weighted by Gasteiger charge is 2.01. The van der Waals surface area contributed by atoms with E-state index in [1.165, 1.54) is 0 Å². The third-order valence-electron chi connectivity index (χ3n) is 1.46. The van der Waals surface area contributed by atoms with Crippen LogP contribution in [0.4, 0.5) is 11.5 Å². The average molecular weight is 224 g/mol. The quantitative estimate of drug-likeness (QED) is 0.791. The van der Waals surface area contributed by atoms with Crippen molar-refractivity contribution in [3.63, 3.8) is 0 Å². The van der Waals surface area contributed by atoms with E-state index in [1.54, 1.807) is 0 Å². The number of nitrogens with two attached hydrogens (primary N) is 1. The number of pyridine rings is 1. The lowest BCUT2D eigenvalue weighted by Gasteiger charge is -2.13. The zero-order valence-corrected chi connectivity index (χ0v) is 9.58. The summed E-state index contributed by atoms with van der Waals surface area (Å²) in [5.74, 6) is 0.829. The van der Waals surface area contributed by atoms with E-state index in [0.717, 1.165) is 17.1 Å². The van der Waals surface area contributed by atoms with Gasteiger partial charge in [-0.1, -0.05) is 0 Å². The Kier molecular flexibility index (Phi) is 6.72. The number of rotatable bonds is 1. The Hall–Kier alpha value is -0.670. The Balaban J connectivity index is 0. The molecule has 0 aromatic carbocycles. The Morgan fingerprint density at radius 3 is 2.23 bits per heavy atom. The SMILES string of the molecule is Cc1cnc(N(C)C)c(N)c1.Cl.Cl. The van der Waals surface area contributed by atoms with Gasteiger partial charge in [0.25, 0.3) is 0 Å². The summed E-state index contributed by atoms with van der Waals surface area (Å²) in [5.41, 5.74) is 7.54. The van der Waals surface area contributed by atoms with E-state index in [0.29, 0.717) is 0 Å². The van der Waals surface area contributed by atoms with Crippen LogP contribution in [0.5, 0.6) is 0 Å². The molecule has 1 aromatic heterocycles. The van der Waals surface area contributed by atoms with Gasteiger partial charge in [0.05, 0.1) is 5.69 Å². The van der Waals surface area contributed by atoms with Gasteiger partial charge in [0.1, 0.15) is 0 Å².